The molecule has 29 heavy (non-hydrogen) atoms. The molecule has 6 nitrogen and oxygen atoms in total. The molecule has 1 amide bonds. The standard InChI is InChI=1S/C23H24N2O4/c1-16-3-8-20-17(15-23(27)29-21(20)13-16)14-22(26)25-11-9-24(10-12-25)18-4-6-19(28-2)7-5-18/h3-8,13,15H,9-12,14H2,1-2H3. The molecule has 4 rings (SSSR count). The number of anilines is 1. The number of nitrogens with zero attached hydrogens (tertiary/aromatic N) is 2. The van der Waals surface area contributed by atoms with Crippen LogP contribution in [0.2, 0.25) is 0 Å². The molecule has 0 unspecified atom stereocenters. The van der Waals surface area contributed by atoms with Crippen LogP contribution in [0.3, 0.4) is 0 Å². The van der Waals surface area contributed by atoms with Crippen LogP contribution in [-0.2, 0) is 11.2 Å². The maximum Gasteiger partial charge on any atom is 0.336 e. The van der Waals surface area contributed by atoms with Crippen molar-refractivity contribution in [3.05, 3.63) is 70.1 Å². The second-order valence-electron chi connectivity index (χ2n) is 7.33. The van der Waals surface area contributed by atoms with Crippen LogP contribution < -0.4 is 15.3 Å². The summed E-state index contributed by atoms with van der Waals surface area (Å²) in [6, 6.07) is 15.1. The van der Waals surface area contributed by atoms with Crippen molar-refractivity contribution in [1.29, 1.82) is 0 Å². The lowest BCUT2D eigenvalue weighted by molar-refractivity contribution is -0.130. The van der Waals surface area contributed by atoms with Gasteiger partial charge in [-0.25, -0.2) is 4.79 Å². The van der Waals surface area contributed by atoms with Gasteiger partial charge in [-0.2, -0.15) is 0 Å². The van der Waals surface area contributed by atoms with E-state index in [9.17, 15) is 9.59 Å². The average molecular weight is 392 g/mol. The van der Waals surface area contributed by atoms with Crippen molar-refractivity contribution >= 4 is 22.6 Å². The van der Waals surface area contributed by atoms with E-state index in [-0.39, 0.29) is 12.3 Å². The van der Waals surface area contributed by atoms with E-state index in [4.69, 9.17) is 9.15 Å². The second-order valence-corrected chi connectivity index (χ2v) is 7.33. The molecule has 1 aliphatic heterocycles. The maximum absolute atomic E-state index is 12.9. The van der Waals surface area contributed by atoms with Crippen molar-refractivity contribution in [1.82, 2.24) is 4.90 Å². The molecule has 0 bridgehead atoms. The molecule has 0 saturated carbocycles. The number of fused-ring (bicyclic) bond motifs is 1. The molecule has 1 fully saturated rings. The van der Waals surface area contributed by atoms with Crippen molar-refractivity contribution in [2.45, 2.75) is 13.3 Å². The van der Waals surface area contributed by atoms with Gasteiger partial charge >= 0.3 is 5.63 Å². The number of carbonyl (C=O) groups is 1. The molecule has 1 saturated heterocycles. The van der Waals surface area contributed by atoms with Gasteiger partial charge in [-0.15, -0.1) is 0 Å². The minimum Gasteiger partial charge on any atom is -0.497 e. The van der Waals surface area contributed by atoms with E-state index >= 15 is 0 Å². The highest BCUT2D eigenvalue weighted by atomic mass is 16.5. The van der Waals surface area contributed by atoms with Gasteiger partial charge in [0.15, 0.2) is 0 Å². The van der Waals surface area contributed by atoms with E-state index in [1.165, 1.54) is 6.07 Å². The first-order valence-electron chi connectivity index (χ1n) is 9.73. The number of amides is 1. The SMILES string of the molecule is COc1ccc(N2CCN(C(=O)Cc3cc(=O)oc4cc(C)ccc34)CC2)cc1. The third kappa shape index (κ3) is 4.11. The van der Waals surface area contributed by atoms with Gasteiger partial charge in [0.05, 0.1) is 13.5 Å². The van der Waals surface area contributed by atoms with E-state index in [1.807, 2.05) is 54.3 Å². The molecule has 0 radical (unpaired) electrons. The summed E-state index contributed by atoms with van der Waals surface area (Å²) in [7, 11) is 1.65. The Morgan fingerprint density at radius 2 is 1.76 bits per heavy atom. The number of hydrogen-bond donors (Lipinski definition) is 0. The number of ether oxygens (including phenoxy) is 1. The van der Waals surface area contributed by atoms with E-state index in [2.05, 4.69) is 4.90 Å². The topological polar surface area (TPSA) is 63.0 Å². The Balaban J connectivity index is 1.44. The van der Waals surface area contributed by atoms with Crippen LogP contribution in [0.5, 0.6) is 5.75 Å². The minimum atomic E-state index is -0.421. The molecule has 0 aliphatic carbocycles. The molecule has 0 atom stereocenters. The molecule has 1 aliphatic rings. The summed E-state index contributed by atoms with van der Waals surface area (Å²) in [6.07, 6.45) is 0.202. The zero-order valence-electron chi connectivity index (χ0n) is 16.7. The first-order valence-corrected chi connectivity index (χ1v) is 9.73. The van der Waals surface area contributed by atoms with Crippen molar-refractivity contribution in [2.24, 2.45) is 0 Å². The van der Waals surface area contributed by atoms with Crippen molar-refractivity contribution in [3.63, 3.8) is 0 Å². The van der Waals surface area contributed by atoms with Gasteiger partial charge in [0.1, 0.15) is 11.3 Å². The molecular formula is C23H24N2O4. The summed E-state index contributed by atoms with van der Waals surface area (Å²) in [4.78, 5) is 28.9. The molecule has 1 aromatic heterocycles. The third-order valence-corrected chi connectivity index (χ3v) is 5.40. The molecule has 6 heteroatoms. The highest BCUT2D eigenvalue weighted by molar-refractivity contribution is 5.87. The Bertz CT molecular complexity index is 1080. The molecule has 0 spiro atoms. The highest BCUT2D eigenvalue weighted by Gasteiger charge is 2.22. The lowest BCUT2D eigenvalue weighted by atomic mass is 10.0. The zero-order valence-corrected chi connectivity index (χ0v) is 16.7. The number of carbonyl (C=O) groups excluding carboxylic acids is 1. The third-order valence-electron chi connectivity index (χ3n) is 5.40. The quantitative estimate of drug-likeness (QED) is 0.639. The van der Waals surface area contributed by atoms with Gasteiger partial charge < -0.3 is 19.0 Å². The number of piperazine rings is 1. The van der Waals surface area contributed by atoms with Crippen molar-refractivity contribution < 1.29 is 13.9 Å². The number of hydrogen-bond acceptors (Lipinski definition) is 5. The Morgan fingerprint density at radius 1 is 1.03 bits per heavy atom. The second kappa shape index (κ2) is 7.99. The Hall–Kier alpha value is -3.28. The largest absolute Gasteiger partial charge is 0.497 e. The minimum absolute atomic E-state index is 0.0341. The van der Waals surface area contributed by atoms with E-state index in [0.29, 0.717) is 18.7 Å². The lowest BCUT2D eigenvalue weighted by Gasteiger charge is -2.36. The van der Waals surface area contributed by atoms with Crippen LogP contribution in [-0.4, -0.2) is 44.1 Å². The zero-order chi connectivity index (χ0) is 20.4. The summed E-state index contributed by atoms with van der Waals surface area (Å²) in [5.74, 6) is 0.865. The lowest BCUT2D eigenvalue weighted by Crippen LogP contribution is -2.49. The summed E-state index contributed by atoms with van der Waals surface area (Å²) in [6.45, 7) is 4.80. The Labute approximate surface area is 169 Å². The normalized spacial score (nSPS) is 14.3. The maximum atomic E-state index is 12.9. The van der Waals surface area contributed by atoms with Crippen LogP contribution in [0.1, 0.15) is 11.1 Å². The first kappa shape index (κ1) is 19.1. The Morgan fingerprint density at radius 3 is 2.45 bits per heavy atom. The van der Waals surface area contributed by atoms with Crippen LogP contribution in [0.25, 0.3) is 11.0 Å². The molecule has 150 valence electrons. The van der Waals surface area contributed by atoms with Crippen LogP contribution >= 0.6 is 0 Å². The number of aryl methyl sites for hydroxylation is 1. The fraction of sp³-hybridized carbons (Fsp3) is 0.304. The number of rotatable bonds is 4. The summed E-state index contributed by atoms with van der Waals surface area (Å²) in [5.41, 5.74) is 2.97. The van der Waals surface area contributed by atoms with Gasteiger partial charge in [0.25, 0.3) is 0 Å². The van der Waals surface area contributed by atoms with Gasteiger partial charge in [-0.05, 0) is 48.4 Å². The highest BCUT2D eigenvalue weighted by Crippen LogP contribution is 2.22. The Kier molecular flexibility index (Phi) is 5.25. The van der Waals surface area contributed by atoms with Crippen LogP contribution in [0.15, 0.2) is 57.7 Å². The fourth-order valence-corrected chi connectivity index (χ4v) is 3.77. The first-order chi connectivity index (χ1) is 14.0. The van der Waals surface area contributed by atoms with Crippen LogP contribution in [0, 0.1) is 6.92 Å². The number of methoxy groups -OCH3 is 1. The molecule has 3 aromatic rings. The van der Waals surface area contributed by atoms with Gasteiger partial charge in [0, 0.05) is 43.3 Å². The van der Waals surface area contributed by atoms with Crippen LogP contribution in [0.4, 0.5) is 5.69 Å². The summed E-state index contributed by atoms with van der Waals surface area (Å²) >= 11 is 0. The predicted octanol–water partition coefficient (Wildman–Crippen LogP) is 3.00. The molecule has 2 heterocycles. The smallest absolute Gasteiger partial charge is 0.336 e. The summed E-state index contributed by atoms with van der Waals surface area (Å²) in [5, 5.41) is 0.820. The van der Waals surface area contributed by atoms with Crippen molar-refractivity contribution in [2.75, 3.05) is 38.2 Å². The summed E-state index contributed by atoms with van der Waals surface area (Å²) < 4.78 is 10.5. The van der Waals surface area contributed by atoms with Gasteiger partial charge in [0.2, 0.25) is 5.91 Å². The molecular weight excluding hydrogens is 368 g/mol. The van der Waals surface area contributed by atoms with E-state index < -0.39 is 5.63 Å². The monoisotopic (exact) mass is 392 g/mol. The molecule has 0 N–H and O–H groups in total. The van der Waals surface area contributed by atoms with Gasteiger partial charge in [-0.1, -0.05) is 12.1 Å². The predicted molar refractivity (Wildman–Crippen MR) is 113 cm³/mol. The number of benzene rings is 2. The molecule has 2 aromatic carbocycles. The van der Waals surface area contributed by atoms with Crippen molar-refractivity contribution in [3.8, 4) is 5.75 Å². The average Bonchev–Trinajstić information content (AvgIpc) is 2.73. The van der Waals surface area contributed by atoms with E-state index in [0.717, 1.165) is 41.0 Å². The fourth-order valence-electron chi connectivity index (χ4n) is 3.77. The van der Waals surface area contributed by atoms with Gasteiger partial charge in [-0.3, -0.25) is 4.79 Å². The van der Waals surface area contributed by atoms with E-state index in [1.54, 1.807) is 7.11 Å².